The smallest absolute Gasteiger partial charge is 0.231 e. The fourth-order valence-electron chi connectivity index (χ4n) is 3.01. The van der Waals surface area contributed by atoms with E-state index in [0.717, 1.165) is 21.3 Å². The highest BCUT2D eigenvalue weighted by molar-refractivity contribution is 14.1. The van der Waals surface area contributed by atoms with Gasteiger partial charge in [0.1, 0.15) is 6.33 Å². The number of aromatic nitrogens is 4. The molecule has 0 spiro atoms. The fourth-order valence-corrected chi connectivity index (χ4v) is 6.01. The third kappa shape index (κ3) is 4.02. The fraction of sp³-hybridized carbons (Fsp3) is 0.353. The van der Waals surface area contributed by atoms with E-state index in [1.165, 1.54) is 18.1 Å². The number of nitrogens with zero attached hydrogens (tertiary/aromatic N) is 4. The summed E-state index contributed by atoms with van der Waals surface area (Å²) in [5, 5.41) is 0.579. The van der Waals surface area contributed by atoms with E-state index < -0.39 is 10.0 Å². The van der Waals surface area contributed by atoms with E-state index >= 15 is 0 Å². The van der Waals surface area contributed by atoms with E-state index in [2.05, 4.69) is 42.3 Å². The van der Waals surface area contributed by atoms with Crippen molar-refractivity contribution >= 4 is 61.4 Å². The Balaban J connectivity index is 1.49. The van der Waals surface area contributed by atoms with Crippen molar-refractivity contribution in [3.05, 3.63) is 22.0 Å². The number of nitrogens with one attached hydrogen (secondary N) is 1. The van der Waals surface area contributed by atoms with Gasteiger partial charge in [0.15, 0.2) is 33.6 Å². The molecule has 5 rings (SSSR count). The van der Waals surface area contributed by atoms with Gasteiger partial charge < -0.3 is 19.8 Å². The first kappa shape index (κ1) is 20.1. The van der Waals surface area contributed by atoms with E-state index in [1.54, 1.807) is 4.57 Å². The second kappa shape index (κ2) is 7.69. The summed E-state index contributed by atoms with van der Waals surface area (Å²) in [4.78, 5) is 13.8. The Kier molecular flexibility index (Phi) is 5.15. The third-order valence-electron chi connectivity index (χ3n) is 4.66. The molecule has 3 heterocycles. The van der Waals surface area contributed by atoms with E-state index in [4.69, 9.17) is 15.2 Å². The summed E-state index contributed by atoms with van der Waals surface area (Å²) >= 11 is 3.61. The summed E-state index contributed by atoms with van der Waals surface area (Å²) in [6.07, 6.45) is 3.13. The van der Waals surface area contributed by atoms with Gasteiger partial charge in [0.05, 0.1) is 5.75 Å². The van der Waals surface area contributed by atoms with Gasteiger partial charge in [-0.2, -0.15) is 0 Å². The van der Waals surface area contributed by atoms with Crippen LogP contribution in [0.5, 0.6) is 11.5 Å². The van der Waals surface area contributed by atoms with Gasteiger partial charge in [-0.1, -0.05) is 11.8 Å². The highest BCUT2D eigenvalue weighted by Crippen LogP contribution is 2.41. The van der Waals surface area contributed by atoms with Gasteiger partial charge in [0, 0.05) is 21.1 Å². The summed E-state index contributed by atoms with van der Waals surface area (Å²) < 4.78 is 41.1. The van der Waals surface area contributed by atoms with Crippen LogP contribution < -0.4 is 19.9 Å². The van der Waals surface area contributed by atoms with Crippen LogP contribution in [0.1, 0.15) is 12.8 Å². The number of hydrogen-bond acceptors (Lipinski definition) is 9. The summed E-state index contributed by atoms with van der Waals surface area (Å²) in [7, 11) is -3.40. The SMILES string of the molecule is Nc1ncnc2c1nc(Sc1cc3c(cc1I)OCO3)n2CCS(=O)(=O)NC1CC1. The van der Waals surface area contributed by atoms with Gasteiger partial charge in [0.25, 0.3) is 0 Å². The summed E-state index contributed by atoms with van der Waals surface area (Å²) in [5.74, 6) is 1.53. The molecule has 3 N–H and O–H groups in total. The van der Waals surface area contributed by atoms with E-state index in [0.29, 0.717) is 27.8 Å². The maximum atomic E-state index is 12.4. The predicted octanol–water partition coefficient (Wildman–Crippen LogP) is 1.97. The molecule has 158 valence electrons. The quantitative estimate of drug-likeness (QED) is 0.416. The molecule has 13 heteroatoms. The largest absolute Gasteiger partial charge is 0.454 e. The van der Waals surface area contributed by atoms with Crippen LogP contribution in [0.2, 0.25) is 0 Å². The molecule has 0 atom stereocenters. The maximum Gasteiger partial charge on any atom is 0.231 e. The third-order valence-corrected chi connectivity index (χ3v) is 8.38. The lowest BCUT2D eigenvalue weighted by molar-refractivity contribution is 0.174. The zero-order chi connectivity index (χ0) is 20.9. The van der Waals surface area contributed by atoms with E-state index in [9.17, 15) is 8.42 Å². The minimum absolute atomic E-state index is 0.0663. The number of anilines is 1. The van der Waals surface area contributed by atoms with Crippen LogP contribution in [0.4, 0.5) is 5.82 Å². The average molecular weight is 560 g/mol. The number of aryl methyl sites for hydroxylation is 1. The summed E-state index contributed by atoms with van der Waals surface area (Å²) in [6, 6.07) is 3.85. The van der Waals surface area contributed by atoms with Gasteiger partial charge in [-0.25, -0.2) is 28.1 Å². The Bertz CT molecular complexity index is 1240. The lowest BCUT2D eigenvalue weighted by atomic mass is 10.3. The van der Waals surface area contributed by atoms with Crippen LogP contribution in [-0.2, 0) is 16.6 Å². The van der Waals surface area contributed by atoms with Crippen LogP contribution in [0, 0.1) is 3.57 Å². The first-order valence-electron chi connectivity index (χ1n) is 9.13. The van der Waals surface area contributed by atoms with Crippen LogP contribution in [0.25, 0.3) is 11.2 Å². The van der Waals surface area contributed by atoms with Crippen molar-refractivity contribution in [3.63, 3.8) is 0 Å². The highest BCUT2D eigenvalue weighted by Gasteiger charge is 2.27. The Morgan fingerprint density at radius 1 is 1.27 bits per heavy atom. The molecule has 0 bridgehead atoms. The Hall–Kier alpha value is -1.84. The number of imidazole rings is 1. The number of rotatable bonds is 7. The van der Waals surface area contributed by atoms with Gasteiger partial charge in [-0.15, -0.1) is 0 Å². The lowest BCUT2D eigenvalue weighted by Gasteiger charge is -2.10. The molecule has 0 amide bonds. The van der Waals surface area contributed by atoms with Gasteiger partial charge in [0.2, 0.25) is 16.8 Å². The van der Waals surface area contributed by atoms with Crippen molar-refractivity contribution in [1.29, 1.82) is 0 Å². The van der Waals surface area contributed by atoms with Crippen molar-refractivity contribution < 1.29 is 17.9 Å². The number of sulfonamides is 1. The molecule has 0 radical (unpaired) electrons. The molecule has 1 aliphatic heterocycles. The number of fused-ring (bicyclic) bond motifs is 2. The summed E-state index contributed by atoms with van der Waals surface area (Å²) in [6.45, 7) is 0.383. The zero-order valence-corrected chi connectivity index (χ0v) is 19.3. The number of benzene rings is 1. The second-order valence-electron chi connectivity index (χ2n) is 6.93. The number of halogens is 1. The molecule has 0 saturated heterocycles. The minimum atomic E-state index is -3.40. The van der Waals surface area contributed by atoms with Crippen LogP contribution in [0.15, 0.2) is 28.5 Å². The molecule has 10 nitrogen and oxygen atoms in total. The number of nitrogen functional groups attached to an aromatic ring is 1. The van der Waals surface area contributed by atoms with Crippen LogP contribution in [0.3, 0.4) is 0 Å². The first-order valence-corrected chi connectivity index (χ1v) is 12.7. The van der Waals surface area contributed by atoms with Crippen molar-refractivity contribution in [1.82, 2.24) is 24.2 Å². The van der Waals surface area contributed by atoms with Gasteiger partial charge in [-0.3, -0.25) is 0 Å². The van der Waals surface area contributed by atoms with Crippen LogP contribution in [-0.4, -0.2) is 46.5 Å². The molecule has 1 aromatic carbocycles. The Morgan fingerprint density at radius 3 is 2.80 bits per heavy atom. The monoisotopic (exact) mass is 560 g/mol. The van der Waals surface area contributed by atoms with Gasteiger partial charge in [-0.05, 0) is 47.6 Å². The topological polar surface area (TPSA) is 134 Å². The highest BCUT2D eigenvalue weighted by atomic mass is 127. The van der Waals surface area contributed by atoms with Crippen molar-refractivity contribution in [2.24, 2.45) is 0 Å². The lowest BCUT2D eigenvalue weighted by Crippen LogP contribution is -2.30. The molecule has 1 saturated carbocycles. The Labute approximate surface area is 190 Å². The van der Waals surface area contributed by atoms with Gasteiger partial charge >= 0.3 is 0 Å². The predicted molar refractivity (Wildman–Crippen MR) is 119 cm³/mol. The molecular weight excluding hydrogens is 543 g/mol. The average Bonchev–Trinajstić information content (AvgIpc) is 3.25. The normalized spacial score (nSPS) is 15.8. The van der Waals surface area contributed by atoms with Crippen molar-refractivity contribution in [2.45, 2.75) is 35.5 Å². The van der Waals surface area contributed by atoms with Crippen molar-refractivity contribution in [3.8, 4) is 11.5 Å². The molecule has 0 unspecified atom stereocenters. The Morgan fingerprint density at radius 2 is 2.03 bits per heavy atom. The van der Waals surface area contributed by atoms with Crippen LogP contribution >= 0.6 is 34.4 Å². The molecule has 2 aromatic heterocycles. The molecule has 1 aliphatic carbocycles. The standard InChI is InChI=1S/C17H17IN6O4S2/c18-10-5-11-12(28-8-27-11)6-13(10)29-17-22-14-15(19)20-7-21-16(14)24(17)3-4-30(25,26)23-9-1-2-9/h5-7,9,23H,1-4,8H2,(H2,19,20,21). The zero-order valence-electron chi connectivity index (χ0n) is 15.5. The summed E-state index contributed by atoms with van der Waals surface area (Å²) in [5.41, 5.74) is 6.94. The van der Waals surface area contributed by atoms with E-state index in [1.807, 2.05) is 12.1 Å². The number of nitrogens with two attached hydrogens (primary N) is 1. The van der Waals surface area contributed by atoms with E-state index in [-0.39, 0.29) is 31.0 Å². The number of ether oxygens (including phenoxy) is 2. The molecule has 2 aliphatic rings. The molecular formula is C17H17IN6O4S2. The first-order chi connectivity index (χ1) is 14.4. The molecule has 1 fully saturated rings. The maximum absolute atomic E-state index is 12.4. The molecule has 3 aromatic rings. The molecule has 30 heavy (non-hydrogen) atoms. The van der Waals surface area contributed by atoms with Crippen molar-refractivity contribution in [2.75, 3.05) is 18.3 Å². The number of hydrogen-bond donors (Lipinski definition) is 2. The second-order valence-corrected chi connectivity index (χ2v) is 11.0. The minimum Gasteiger partial charge on any atom is -0.454 e.